The molecule has 2 aliphatic rings. The summed E-state index contributed by atoms with van der Waals surface area (Å²) in [4.78, 5) is 37.1. The summed E-state index contributed by atoms with van der Waals surface area (Å²) in [5, 5.41) is 14.7. The van der Waals surface area contributed by atoms with Crippen LogP contribution in [0.4, 0.5) is 10.5 Å². The monoisotopic (exact) mass is 470 g/mol. The van der Waals surface area contributed by atoms with E-state index in [2.05, 4.69) is 22.8 Å². The van der Waals surface area contributed by atoms with Crippen LogP contribution in [0.1, 0.15) is 46.7 Å². The van der Waals surface area contributed by atoms with Gasteiger partial charge >= 0.3 is 12.1 Å². The number of hydrogen-bond donors (Lipinski definition) is 3. The summed E-state index contributed by atoms with van der Waals surface area (Å²) in [5.74, 6) is -1.35. The fourth-order valence-electron chi connectivity index (χ4n) is 4.68. The second kappa shape index (κ2) is 9.62. The minimum absolute atomic E-state index is 0.0783. The maximum Gasteiger partial charge on any atom is 0.411 e. The Morgan fingerprint density at radius 1 is 0.886 bits per heavy atom. The first-order valence-electron chi connectivity index (χ1n) is 11.8. The number of carboxylic acid groups (broad SMARTS) is 1. The van der Waals surface area contributed by atoms with Crippen LogP contribution in [0.15, 0.2) is 72.8 Å². The second-order valence-corrected chi connectivity index (χ2v) is 9.04. The average Bonchev–Trinajstić information content (AvgIpc) is 3.63. The molecule has 3 N–H and O–H groups in total. The molecular weight excluding hydrogens is 444 g/mol. The number of aliphatic carboxylic acids is 1. The molecule has 178 valence electrons. The molecule has 0 heterocycles. The van der Waals surface area contributed by atoms with Crippen molar-refractivity contribution in [2.24, 2.45) is 5.92 Å². The molecule has 0 unspecified atom stereocenters. The number of para-hydroxylation sites is 1. The van der Waals surface area contributed by atoms with Gasteiger partial charge in [0.05, 0.1) is 11.3 Å². The lowest BCUT2D eigenvalue weighted by Gasteiger charge is -2.17. The van der Waals surface area contributed by atoms with E-state index in [-0.39, 0.29) is 23.8 Å². The highest BCUT2D eigenvalue weighted by Gasteiger charge is 2.31. The van der Waals surface area contributed by atoms with Crippen LogP contribution in [0.2, 0.25) is 0 Å². The lowest BCUT2D eigenvalue weighted by Crippen LogP contribution is -2.41. The van der Waals surface area contributed by atoms with Crippen molar-refractivity contribution in [2.45, 2.75) is 31.2 Å². The third-order valence-electron chi connectivity index (χ3n) is 6.62. The van der Waals surface area contributed by atoms with E-state index >= 15 is 0 Å². The van der Waals surface area contributed by atoms with Crippen molar-refractivity contribution < 1.29 is 24.2 Å². The van der Waals surface area contributed by atoms with E-state index in [4.69, 9.17) is 4.74 Å². The van der Waals surface area contributed by atoms with Gasteiger partial charge < -0.3 is 15.2 Å². The van der Waals surface area contributed by atoms with Crippen molar-refractivity contribution in [3.63, 3.8) is 0 Å². The van der Waals surface area contributed by atoms with Crippen LogP contribution in [-0.4, -0.2) is 35.7 Å². The van der Waals surface area contributed by atoms with Gasteiger partial charge in [-0.2, -0.15) is 0 Å². The number of fused-ring (bicyclic) bond motifs is 3. The molecular formula is C28H26N2O5. The number of carbonyl (C=O) groups excluding carboxylic acids is 2. The Bertz CT molecular complexity index is 1240. The summed E-state index contributed by atoms with van der Waals surface area (Å²) in [7, 11) is 0. The summed E-state index contributed by atoms with van der Waals surface area (Å²) < 4.78 is 5.58. The van der Waals surface area contributed by atoms with Crippen LogP contribution in [-0.2, 0) is 9.53 Å². The van der Waals surface area contributed by atoms with E-state index in [0.717, 1.165) is 35.1 Å². The zero-order valence-electron chi connectivity index (χ0n) is 19.1. The number of ether oxygens (including phenoxy) is 1. The van der Waals surface area contributed by atoms with E-state index in [9.17, 15) is 19.5 Å². The smallest absolute Gasteiger partial charge is 0.411 e. The van der Waals surface area contributed by atoms with Crippen LogP contribution in [0.25, 0.3) is 11.1 Å². The highest BCUT2D eigenvalue weighted by atomic mass is 16.5. The Morgan fingerprint density at radius 2 is 1.49 bits per heavy atom. The molecule has 3 aromatic carbocycles. The fourth-order valence-corrected chi connectivity index (χ4v) is 4.68. The number of anilines is 1. The Balaban J connectivity index is 1.26. The molecule has 0 aliphatic heterocycles. The SMILES string of the molecule is O=C(Nc1ccccc1C(=O)N[C@@H](CC1CC1)C(=O)O)OCC1c2ccccc2-c2ccccc21. The number of carboxylic acids is 1. The first-order chi connectivity index (χ1) is 17.0. The zero-order valence-corrected chi connectivity index (χ0v) is 19.1. The van der Waals surface area contributed by atoms with Crippen LogP contribution in [0.3, 0.4) is 0 Å². The topological polar surface area (TPSA) is 105 Å². The molecule has 3 aromatic rings. The third-order valence-corrected chi connectivity index (χ3v) is 6.62. The maximum atomic E-state index is 12.8. The molecule has 1 atom stereocenters. The largest absolute Gasteiger partial charge is 0.480 e. The van der Waals surface area contributed by atoms with Crippen molar-refractivity contribution in [2.75, 3.05) is 11.9 Å². The van der Waals surface area contributed by atoms with Crippen LogP contribution in [0, 0.1) is 5.92 Å². The number of rotatable bonds is 8. The number of benzene rings is 3. The van der Waals surface area contributed by atoms with Gasteiger partial charge in [-0.15, -0.1) is 0 Å². The van der Waals surface area contributed by atoms with E-state index in [1.807, 2.05) is 36.4 Å². The lowest BCUT2D eigenvalue weighted by atomic mass is 9.98. The summed E-state index contributed by atoms with van der Waals surface area (Å²) in [6, 6.07) is 21.7. The molecule has 0 radical (unpaired) electrons. The van der Waals surface area contributed by atoms with Gasteiger partial charge in [0.2, 0.25) is 0 Å². The molecule has 7 heteroatoms. The second-order valence-electron chi connectivity index (χ2n) is 9.04. The summed E-state index contributed by atoms with van der Waals surface area (Å²) >= 11 is 0. The van der Waals surface area contributed by atoms with Gasteiger partial charge in [0.1, 0.15) is 12.6 Å². The van der Waals surface area contributed by atoms with Crippen molar-refractivity contribution >= 4 is 23.7 Å². The Morgan fingerprint density at radius 3 is 2.11 bits per heavy atom. The third kappa shape index (κ3) is 4.89. The number of amides is 2. The molecule has 0 bridgehead atoms. The van der Waals surface area contributed by atoms with E-state index in [1.165, 1.54) is 0 Å². The number of nitrogens with one attached hydrogen (secondary N) is 2. The van der Waals surface area contributed by atoms with Crippen molar-refractivity contribution in [1.82, 2.24) is 5.32 Å². The van der Waals surface area contributed by atoms with Crippen molar-refractivity contribution in [1.29, 1.82) is 0 Å². The van der Waals surface area contributed by atoms with Crippen LogP contribution >= 0.6 is 0 Å². The summed E-state index contributed by atoms with van der Waals surface area (Å²) in [6.07, 6.45) is 1.70. The minimum atomic E-state index is -1.06. The highest BCUT2D eigenvalue weighted by Crippen LogP contribution is 2.44. The van der Waals surface area contributed by atoms with Crippen molar-refractivity contribution in [3.8, 4) is 11.1 Å². The molecule has 0 spiro atoms. The van der Waals surface area contributed by atoms with E-state index in [0.29, 0.717) is 12.3 Å². The van der Waals surface area contributed by atoms with Gasteiger partial charge in [0.15, 0.2) is 0 Å². The normalized spacial score (nSPS) is 15.0. The van der Waals surface area contributed by atoms with Gasteiger partial charge in [-0.05, 0) is 46.7 Å². The molecule has 5 rings (SSSR count). The molecule has 1 saturated carbocycles. The first-order valence-corrected chi connectivity index (χ1v) is 11.8. The molecule has 1 fully saturated rings. The molecule has 7 nitrogen and oxygen atoms in total. The lowest BCUT2D eigenvalue weighted by molar-refractivity contribution is -0.139. The zero-order chi connectivity index (χ0) is 24.4. The summed E-state index contributed by atoms with van der Waals surface area (Å²) in [5.41, 5.74) is 4.94. The molecule has 2 amide bonds. The van der Waals surface area contributed by atoms with Gasteiger partial charge in [0.25, 0.3) is 5.91 Å². The highest BCUT2D eigenvalue weighted by molar-refractivity contribution is 6.03. The van der Waals surface area contributed by atoms with Crippen molar-refractivity contribution in [3.05, 3.63) is 89.5 Å². The first kappa shape index (κ1) is 22.7. The quantitative estimate of drug-likeness (QED) is 0.428. The maximum absolute atomic E-state index is 12.8. The van der Waals surface area contributed by atoms with Gasteiger partial charge in [-0.3, -0.25) is 10.1 Å². The van der Waals surface area contributed by atoms with E-state index in [1.54, 1.807) is 24.3 Å². The Hall–Kier alpha value is -4.13. The molecule has 2 aliphatic carbocycles. The van der Waals surface area contributed by atoms with Crippen LogP contribution < -0.4 is 10.6 Å². The molecule has 0 saturated heterocycles. The standard InChI is InChI=1S/C28H26N2O5/c31-26(29-25(27(32)33)15-17-13-14-17)22-11-5-6-12-24(22)30-28(34)35-16-23-20-9-3-1-7-18(20)19-8-2-4-10-21(19)23/h1-12,17,23,25H,13-16H2,(H,29,31)(H,30,34)(H,32,33)/t25-/m0/s1. The number of carbonyl (C=O) groups is 3. The average molecular weight is 471 g/mol. The molecule has 35 heavy (non-hydrogen) atoms. The predicted octanol–water partition coefficient (Wildman–Crippen LogP) is 5.03. The minimum Gasteiger partial charge on any atom is -0.480 e. The van der Waals surface area contributed by atoms with Crippen LogP contribution in [0.5, 0.6) is 0 Å². The predicted molar refractivity (Wildman–Crippen MR) is 131 cm³/mol. The van der Waals surface area contributed by atoms with E-state index < -0.39 is 24.0 Å². The van der Waals surface area contributed by atoms with Gasteiger partial charge in [0, 0.05) is 5.92 Å². The number of hydrogen-bond acceptors (Lipinski definition) is 4. The van der Waals surface area contributed by atoms with Gasteiger partial charge in [-0.25, -0.2) is 9.59 Å². The fraction of sp³-hybridized carbons (Fsp3) is 0.250. The Labute approximate surface area is 203 Å². The Kier molecular flexibility index (Phi) is 6.23. The molecule has 0 aromatic heterocycles. The summed E-state index contributed by atoms with van der Waals surface area (Å²) in [6.45, 7) is 0.150. The van der Waals surface area contributed by atoms with Gasteiger partial charge in [-0.1, -0.05) is 73.5 Å².